The Morgan fingerprint density at radius 3 is 2.29 bits per heavy atom. The minimum absolute atomic E-state index is 0.0505. The van der Waals surface area contributed by atoms with Crippen molar-refractivity contribution in [2.45, 2.75) is 63.8 Å². The van der Waals surface area contributed by atoms with Gasteiger partial charge >= 0.3 is 0 Å². The second kappa shape index (κ2) is 20.3. The Labute approximate surface area is 408 Å². The number of piperazine rings is 1. The summed E-state index contributed by atoms with van der Waals surface area (Å²) in [4.78, 5) is 64.3. The molecule has 4 aliphatic rings. The fourth-order valence-electron chi connectivity index (χ4n) is 10.3. The lowest BCUT2D eigenvalue weighted by Gasteiger charge is -2.43. The zero-order valence-electron chi connectivity index (χ0n) is 39.2. The minimum atomic E-state index is -2.79. The number of halogens is 3. The van der Waals surface area contributed by atoms with Gasteiger partial charge in [0.1, 0.15) is 35.9 Å². The number of methoxy groups -OCH3 is 1. The molecule has 3 aromatic carbocycles. The summed E-state index contributed by atoms with van der Waals surface area (Å²) in [7, 11) is -1.16. The van der Waals surface area contributed by atoms with E-state index in [1.807, 2.05) is 29.2 Å². The normalized spacial score (nSPS) is 19.0. The summed E-state index contributed by atoms with van der Waals surface area (Å²) in [5, 5.41) is 9.47. The predicted octanol–water partition coefficient (Wildman–Crippen LogP) is 7.45. The Morgan fingerprint density at radius 1 is 0.870 bits per heavy atom. The first-order valence-electron chi connectivity index (χ1n) is 23.5. The molecule has 4 saturated heterocycles. The quantitative estimate of drug-likeness (QED) is 0.0783. The molecule has 364 valence electrons. The summed E-state index contributed by atoms with van der Waals surface area (Å²) in [5.41, 5.74) is 4.86. The van der Waals surface area contributed by atoms with Crippen LogP contribution in [-0.2, 0) is 18.9 Å². The van der Waals surface area contributed by atoms with E-state index < -0.39 is 36.5 Å². The number of ether oxygens (including phenoxy) is 1. The highest BCUT2D eigenvalue weighted by Crippen LogP contribution is 2.42. The van der Waals surface area contributed by atoms with Crippen LogP contribution in [-0.4, -0.2) is 126 Å². The summed E-state index contributed by atoms with van der Waals surface area (Å²) < 4.78 is 50.5. The van der Waals surface area contributed by atoms with Crippen molar-refractivity contribution in [3.8, 4) is 5.75 Å². The van der Waals surface area contributed by atoms with E-state index in [1.54, 1.807) is 39.0 Å². The number of carbonyl (C=O) groups excluding carboxylic acids is 3. The smallest absolute Gasteiger partial charge is 0.237 e. The summed E-state index contributed by atoms with van der Waals surface area (Å²) in [5.74, 6) is -1.57. The number of carbonyl (C=O) groups is 3. The van der Waals surface area contributed by atoms with E-state index in [9.17, 15) is 18.9 Å². The van der Waals surface area contributed by atoms with Crippen LogP contribution in [0, 0.1) is 24.5 Å². The number of nitrogens with zero attached hydrogens (tertiary/aromatic N) is 8. The number of amides is 3. The highest BCUT2D eigenvalue weighted by atomic mass is 79.9. The molecule has 0 bridgehead atoms. The molecule has 4 fully saturated rings. The zero-order valence-corrected chi connectivity index (χ0v) is 41.7. The number of piperidine rings is 3. The van der Waals surface area contributed by atoms with Crippen molar-refractivity contribution < 1.29 is 32.5 Å². The monoisotopic (exact) mass is 1030 g/mol. The lowest BCUT2D eigenvalue weighted by Crippen LogP contribution is -2.56. The van der Waals surface area contributed by atoms with Gasteiger partial charge in [-0.2, -0.15) is 4.98 Å². The van der Waals surface area contributed by atoms with E-state index >= 15 is 8.78 Å². The molecule has 3 amide bonds. The van der Waals surface area contributed by atoms with Crippen LogP contribution in [0.4, 0.5) is 43.3 Å². The molecule has 0 radical (unpaired) electrons. The Hall–Kier alpha value is -5.78. The SMILES string of the molecule is COc1cc(N2CCC(N3CCN(CCC4CCN(c5cc(F)c(C6CCC(=O)NC6=O)c(F)c5)CC4)CC3=O)CC2)c(C)cc1Nc1ncc(Br)c(Nc2ccc3nccnc3c2P(C)(C)=O)n1. The van der Waals surface area contributed by atoms with Gasteiger partial charge in [0.15, 0.2) is 0 Å². The molecule has 69 heavy (non-hydrogen) atoms. The third-order valence-electron chi connectivity index (χ3n) is 14.0. The Morgan fingerprint density at radius 2 is 1.59 bits per heavy atom. The molecule has 6 heterocycles. The van der Waals surface area contributed by atoms with Crippen LogP contribution in [0.2, 0.25) is 0 Å². The number of fused-ring (bicyclic) bond motifs is 1. The van der Waals surface area contributed by atoms with E-state index in [0.717, 1.165) is 69.5 Å². The standard InChI is InChI=1S/C49H57BrF2N11O5P/c1-29-23-39(57-49-55-27-34(50)47(59-49)56-38-7-6-37-45(54-15-14-53-37)46(38)69(3,4)67)41(68-2)26-40(29)62-19-12-31(13-20-62)63-22-21-60(28-43(63)65)16-9-30-10-17-61(18-11-30)32-24-35(51)44(36(52)25-32)33-5-8-42(64)58-48(33)66/h6-7,14-15,23-27,30-31,33H,5,8-13,16-22,28H2,1-4H3,(H,58,64,66)(H2,55,56,57,59). The number of aryl methyl sites for hydroxylation is 1. The topological polar surface area (TPSA) is 178 Å². The maximum Gasteiger partial charge on any atom is 0.237 e. The van der Waals surface area contributed by atoms with E-state index in [2.05, 4.69) is 68.5 Å². The van der Waals surface area contributed by atoms with Crippen molar-refractivity contribution in [2.24, 2.45) is 5.92 Å². The maximum atomic E-state index is 15.2. The zero-order chi connectivity index (χ0) is 48.6. The van der Waals surface area contributed by atoms with Crippen LogP contribution in [0.15, 0.2) is 59.5 Å². The number of hydrogen-bond acceptors (Lipinski definition) is 14. The molecule has 1 atom stereocenters. The number of rotatable bonds is 13. The summed E-state index contributed by atoms with van der Waals surface area (Å²) >= 11 is 3.57. The third-order valence-corrected chi connectivity index (χ3v) is 16.1. The van der Waals surface area contributed by atoms with Gasteiger partial charge in [-0.05, 0) is 123 Å². The van der Waals surface area contributed by atoms with Crippen molar-refractivity contribution >= 4 is 91.6 Å². The van der Waals surface area contributed by atoms with Crippen molar-refractivity contribution in [1.29, 1.82) is 0 Å². The molecular formula is C49H57BrF2N11O5P. The predicted molar refractivity (Wildman–Crippen MR) is 267 cm³/mol. The molecule has 1 unspecified atom stereocenters. The minimum Gasteiger partial charge on any atom is -0.494 e. The Bertz CT molecular complexity index is 2810. The molecule has 4 aliphatic heterocycles. The lowest BCUT2D eigenvalue weighted by molar-refractivity contribution is -0.139. The third kappa shape index (κ3) is 10.6. The number of imide groups is 1. The molecule has 2 aromatic heterocycles. The summed E-state index contributed by atoms with van der Waals surface area (Å²) in [6, 6.07) is 10.5. The lowest BCUT2D eigenvalue weighted by atomic mass is 9.89. The van der Waals surface area contributed by atoms with Gasteiger partial charge in [-0.1, -0.05) is 0 Å². The van der Waals surface area contributed by atoms with E-state index in [4.69, 9.17) is 9.72 Å². The van der Waals surface area contributed by atoms with Gasteiger partial charge in [-0.15, -0.1) is 0 Å². The molecule has 0 spiro atoms. The highest BCUT2D eigenvalue weighted by molar-refractivity contribution is 9.10. The van der Waals surface area contributed by atoms with E-state index in [-0.39, 0.29) is 30.4 Å². The van der Waals surface area contributed by atoms with Gasteiger partial charge in [0.05, 0.1) is 46.2 Å². The number of aromatic nitrogens is 4. The van der Waals surface area contributed by atoms with Crippen LogP contribution in [0.1, 0.15) is 62.0 Å². The van der Waals surface area contributed by atoms with Gasteiger partial charge in [0, 0.05) is 93.3 Å². The first kappa shape index (κ1) is 48.3. The first-order valence-corrected chi connectivity index (χ1v) is 26.9. The van der Waals surface area contributed by atoms with Crippen LogP contribution < -0.4 is 35.8 Å². The fourth-order valence-corrected chi connectivity index (χ4v) is 12.0. The van der Waals surface area contributed by atoms with Gasteiger partial charge in [-0.3, -0.25) is 34.6 Å². The van der Waals surface area contributed by atoms with Crippen LogP contribution in [0.5, 0.6) is 5.75 Å². The van der Waals surface area contributed by atoms with E-state index in [0.29, 0.717) is 87.5 Å². The number of nitrogens with one attached hydrogen (secondary N) is 3. The van der Waals surface area contributed by atoms with Crippen LogP contribution >= 0.6 is 23.1 Å². The molecule has 20 heteroatoms. The summed E-state index contributed by atoms with van der Waals surface area (Å²) in [6.45, 7) is 11.2. The summed E-state index contributed by atoms with van der Waals surface area (Å²) in [6.07, 6.45) is 9.42. The molecular weight excluding hydrogens is 971 g/mol. The first-order chi connectivity index (χ1) is 33.1. The fraction of sp³-hybridized carbons (Fsp3) is 0.449. The Kier molecular flexibility index (Phi) is 14.2. The molecule has 0 aliphatic carbocycles. The van der Waals surface area contributed by atoms with Gasteiger partial charge in [-0.25, -0.2) is 13.8 Å². The largest absolute Gasteiger partial charge is 0.494 e. The van der Waals surface area contributed by atoms with Crippen LogP contribution in [0.25, 0.3) is 11.0 Å². The van der Waals surface area contributed by atoms with Crippen molar-refractivity contribution in [3.05, 3.63) is 82.2 Å². The second-order valence-electron chi connectivity index (χ2n) is 18.8. The number of benzene rings is 3. The van der Waals surface area contributed by atoms with Crippen molar-refractivity contribution in [3.63, 3.8) is 0 Å². The molecule has 9 rings (SSSR count). The maximum absolute atomic E-state index is 15.2. The van der Waals surface area contributed by atoms with Gasteiger partial charge in [0.2, 0.25) is 23.7 Å². The molecule has 0 saturated carbocycles. The highest BCUT2D eigenvalue weighted by Gasteiger charge is 2.35. The van der Waals surface area contributed by atoms with Crippen molar-refractivity contribution in [2.75, 3.05) is 93.2 Å². The van der Waals surface area contributed by atoms with Crippen LogP contribution in [0.3, 0.4) is 0 Å². The van der Waals surface area contributed by atoms with Gasteiger partial charge < -0.3 is 34.6 Å². The van der Waals surface area contributed by atoms with E-state index in [1.165, 1.54) is 12.1 Å². The molecule has 5 aromatic rings. The molecule has 3 N–H and O–H groups in total. The number of hydrogen-bond donors (Lipinski definition) is 3. The second-order valence-corrected chi connectivity index (χ2v) is 22.8. The average molecular weight is 1030 g/mol. The molecule has 16 nitrogen and oxygen atoms in total. The van der Waals surface area contributed by atoms with Gasteiger partial charge in [0.25, 0.3) is 0 Å². The Balaban J connectivity index is 0.752. The van der Waals surface area contributed by atoms with Crippen molar-refractivity contribution in [1.82, 2.24) is 35.1 Å². The average Bonchev–Trinajstić information content (AvgIpc) is 3.32. The number of anilines is 6.